The molecule has 2 aliphatic heterocycles. The van der Waals surface area contributed by atoms with Gasteiger partial charge in [-0.05, 0) is 32.8 Å². The molecule has 3 amide bonds. The van der Waals surface area contributed by atoms with Crippen LogP contribution >= 0.6 is 0 Å². The van der Waals surface area contributed by atoms with Gasteiger partial charge in [0.2, 0.25) is 5.91 Å². The van der Waals surface area contributed by atoms with Crippen molar-refractivity contribution in [2.75, 3.05) is 26.2 Å². The molecule has 0 spiro atoms. The number of piperidine rings is 1. The zero-order chi connectivity index (χ0) is 15.7. The second-order valence-electron chi connectivity index (χ2n) is 6.12. The van der Waals surface area contributed by atoms with Crippen molar-refractivity contribution in [3.63, 3.8) is 0 Å². The fourth-order valence-corrected chi connectivity index (χ4v) is 3.32. The Bertz CT molecular complexity index is 574. The molecule has 1 aromatic heterocycles. The highest BCUT2D eigenvalue weighted by molar-refractivity contribution is 5.77. The van der Waals surface area contributed by atoms with Gasteiger partial charge >= 0.3 is 6.03 Å². The van der Waals surface area contributed by atoms with Crippen LogP contribution in [0.5, 0.6) is 0 Å². The van der Waals surface area contributed by atoms with Crippen LogP contribution in [-0.4, -0.2) is 63.7 Å². The summed E-state index contributed by atoms with van der Waals surface area (Å²) >= 11 is 0. The van der Waals surface area contributed by atoms with Crippen molar-refractivity contribution in [2.24, 2.45) is 0 Å². The number of amides is 3. The summed E-state index contributed by atoms with van der Waals surface area (Å²) in [7, 11) is 0. The number of hydrogen-bond acceptors (Lipinski definition) is 3. The van der Waals surface area contributed by atoms with Gasteiger partial charge in [-0.25, -0.2) is 4.79 Å². The monoisotopic (exact) mass is 305 g/mol. The van der Waals surface area contributed by atoms with Gasteiger partial charge in [0.25, 0.3) is 0 Å². The van der Waals surface area contributed by atoms with E-state index in [0.717, 1.165) is 37.3 Å². The summed E-state index contributed by atoms with van der Waals surface area (Å²) in [6, 6.07) is 2.28. The number of aryl methyl sites for hydroxylation is 2. The van der Waals surface area contributed by atoms with E-state index in [9.17, 15) is 9.59 Å². The van der Waals surface area contributed by atoms with Gasteiger partial charge in [0.15, 0.2) is 0 Å². The van der Waals surface area contributed by atoms with Crippen molar-refractivity contribution in [3.05, 3.63) is 17.5 Å². The number of urea groups is 1. The van der Waals surface area contributed by atoms with Gasteiger partial charge < -0.3 is 15.1 Å². The van der Waals surface area contributed by atoms with Gasteiger partial charge in [-0.3, -0.25) is 9.48 Å². The fraction of sp³-hybridized carbons (Fsp3) is 0.667. The van der Waals surface area contributed by atoms with Crippen molar-refractivity contribution >= 4 is 11.9 Å². The summed E-state index contributed by atoms with van der Waals surface area (Å²) in [6.07, 6.45) is 1.71. The van der Waals surface area contributed by atoms with Crippen molar-refractivity contribution in [2.45, 2.75) is 39.3 Å². The average Bonchev–Trinajstić information content (AvgIpc) is 3.05. The van der Waals surface area contributed by atoms with Crippen molar-refractivity contribution in [1.29, 1.82) is 0 Å². The summed E-state index contributed by atoms with van der Waals surface area (Å²) in [5, 5.41) is 7.18. The van der Waals surface area contributed by atoms with Crippen LogP contribution in [0.1, 0.15) is 24.2 Å². The van der Waals surface area contributed by atoms with E-state index in [1.54, 1.807) is 4.68 Å². The van der Waals surface area contributed by atoms with Crippen LogP contribution in [0.25, 0.3) is 0 Å². The zero-order valence-corrected chi connectivity index (χ0v) is 13.2. The molecule has 0 saturated carbocycles. The Balaban J connectivity index is 1.53. The number of likely N-dealkylation sites (tertiary alicyclic amines) is 1. The maximum atomic E-state index is 12.4. The van der Waals surface area contributed by atoms with Gasteiger partial charge in [-0.1, -0.05) is 0 Å². The Morgan fingerprint density at radius 2 is 2.05 bits per heavy atom. The Hall–Kier alpha value is -2.05. The molecule has 22 heavy (non-hydrogen) atoms. The molecule has 2 aliphatic rings. The third kappa shape index (κ3) is 2.93. The first-order valence-corrected chi connectivity index (χ1v) is 7.88. The first-order chi connectivity index (χ1) is 10.5. The normalized spacial score (nSPS) is 19.6. The number of aromatic nitrogens is 2. The lowest BCUT2D eigenvalue weighted by molar-refractivity contribution is -0.133. The summed E-state index contributed by atoms with van der Waals surface area (Å²) in [5.74, 6) is 0.107. The van der Waals surface area contributed by atoms with Crippen LogP contribution in [0.15, 0.2) is 6.07 Å². The summed E-state index contributed by atoms with van der Waals surface area (Å²) in [6.45, 7) is 7.14. The molecule has 0 aliphatic carbocycles. The SMILES string of the molecule is Cc1cc(C)n(CC(=O)N2CCC(N3CCNC3=O)CC2)n1. The van der Waals surface area contributed by atoms with E-state index in [2.05, 4.69) is 10.4 Å². The molecule has 1 aromatic rings. The van der Waals surface area contributed by atoms with Gasteiger partial charge in [-0.15, -0.1) is 0 Å². The molecule has 2 fully saturated rings. The van der Waals surface area contributed by atoms with E-state index in [1.807, 2.05) is 29.7 Å². The highest BCUT2D eigenvalue weighted by Gasteiger charge is 2.31. The first-order valence-electron chi connectivity index (χ1n) is 7.88. The highest BCUT2D eigenvalue weighted by atomic mass is 16.2. The minimum absolute atomic E-state index is 0.0346. The topological polar surface area (TPSA) is 70.5 Å². The van der Waals surface area contributed by atoms with E-state index in [1.165, 1.54) is 0 Å². The number of carbonyl (C=O) groups excluding carboxylic acids is 2. The highest BCUT2D eigenvalue weighted by Crippen LogP contribution is 2.18. The number of nitrogens with one attached hydrogen (secondary N) is 1. The van der Waals surface area contributed by atoms with Crippen LogP contribution < -0.4 is 5.32 Å². The minimum Gasteiger partial charge on any atom is -0.341 e. The number of hydrogen-bond donors (Lipinski definition) is 1. The smallest absolute Gasteiger partial charge is 0.317 e. The second-order valence-corrected chi connectivity index (χ2v) is 6.12. The maximum absolute atomic E-state index is 12.4. The van der Waals surface area contributed by atoms with Crippen LogP contribution in [0, 0.1) is 13.8 Å². The van der Waals surface area contributed by atoms with Crippen LogP contribution in [0.3, 0.4) is 0 Å². The molecule has 0 atom stereocenters. The molecular weight excluding hydrogens is 282 g/mol. The maximum Gasteiger partial charge on any atom is 0.317 e. The predicted molar refractivity (Wildman–Crippen MR) is 81.4 cm³/mol. The van der Waals surface area contributed by atoms with Gasteiger partial charge in [0.05, 0.1) is 5.69 Å². The Morgan fingerprint density at radius 3 is 2.59 bits per heavy atom. The summed E-state index contributed by atoms with van der Waals surface area (Å²) in [4.78, 5) is 27.9. The second kappa shape index (κ2) is 5.98. The van der Waals surface area contributed by atoms with Crippen LogP contribution in [0.2, 0.25) is 0 Å². The van der Waals surface area contributed by atoms with Gasteiger partial charge in [0.1, 0.15) is 6.54 Å². The molecule has 0 unspecified atom stereocenters. The molecule has 120 valence electrons. The summed E-state index contributed by atoms with van der Waals surface area (Å²) in [5.41, 5.74) is 1.94. The zero-order valence-electron chi connectivity index (χ0n) is 13.2. The molecular formula is C15H23N5O2. The number of carbonyl (C=O) groups is 2. The van der Waals surface area contributed by atoms with E-state index in [0.29, 0.717) is 19.6 Å². The third-order valence-electron chi connectivity index (χ3n) is 4.54. The molecule has 3 heterocycles. The molecule has 1 N–H and O–H groups in total. The lowest BCUT2D eigenvalue weighted by Gasteiger charge is -2.36. The minimum atomic E-state index is 0.0346. The lowest BCUT2D eigenvalue weighted by atomic mass is 10.0. The Kier molecular flexibility index (Phi) is 4.04. The predicted octanol–water partition coefficient (Wildman–Crippen LogP) is 0.516. The molecule has 2 saturated heterocycles. The van der Waals surface area contributed by atoms with Crippen LogP contribution in [-0.2, 0) is 11.3 Å². The first kappa shape index (κ1) is 14.9. The number of nitrogens with zero attached hydrogens (tertiary/aromatic N) is 4. The average molecular weight is 305 g/mol. The van der Waals surface area contributed by atoms with Gasteiger partial charge in [-0.2, -0.15) is 5.10 Å². The molecule has 0 radical (unpaired) electrons. The van der Waals surface area contributed by atoms with Crippen molar-refractivity contribution in [3.8, 4) is 0 Å². The number of rotatable bonds is 3. The van der Waals surface area contributed by atoms with Crippen LogP contribution in [0.4, 0.5) is 4.79 Å². The van der Waals surface area contributed by atoms with Crippen molar-refractivity contribution in [1.82, 2.24) is 24.9 Å². The Labute approximate surface area is 130 Å². The van der Waals surface area contributed by atoms with Gasteiger partial charge in [0, 0.05) is 37.9 Å². The lowest BCUT2D eigenvalue weighted by Crippen LogP contribution is -2.48. The van der Waals surface area contributed by atoms with E-state index < -0.39 is 0 Å². The summed E-state index contributed by atoms with van der Waals surface area (Å²) < 4.78 is 1.76. The fourth-order valence-electron chi connectivity index (χ4n) is 3.32. The van der Waals surface area contributed by atoms with E-state index in [-0.39, 0.29) is 18.0 Å². The van der Waals surface area contributed by atoms with E-state index in [4.69, 9.17) is 0 Å². The van der Waals surface area contributed by atoms with E-state index >= 15 is 0 Å². The van der Waals surface area contributed by atoms with Crippen molar-refractivity contribution < 1.29 is 9.59 Å². The molecule has 7 heteroatoms. The standard InChI is InChI=1S/C15H23N5O2/c1-11-9-12(2)20(17-11)10-14(21)18-6-3-13(4-7-18)19-8-5-16-15(19)22/h9,13H,3-8,10H2,1-2H3,(H,16,22). The Morgan fingerprint density at radius 1 is 1.32 bits per heavy atom. The largest absolute Gasteiger partial charge is 0.341 e. The molecule has 0 bridgehead atoms. The quantitative estimate of drug-likeness (QED) is 0.885. The molecule has 3 rings (SSSR count). The molecule has 7 nitrogen and oxygen atoms in total. The third-order valence-corrected chi connectivity index (χ3v) is 4.54. The molecule has 0 aromatic carbocycles.